The Balaban J connectivity index is 2.07. The van der Waals surface area contributed by atoms with Crippen LogP contribution < -0.4 is 5.32 Å². The van der Waals surface area contributed by atoms with Crippen molar-refractivity contribution in [3.8, 4) is 5.75 Å². The molecular formula is C19H18BrNO3. The number of halogens is 1. The molecule has 0 bridgehead atoms. The molecule has 4 nitrogen and oxygen atoms in total. The van der Waals surface area contributed by atoms with Gasteiger partial charge in [-0.2, -0.15) is 0 Å². The van der Waals surface area contributed by atoms with Crippen molar-refractivity contribution in [2.75, 3.05) is 11.9 Å². The number of anilines is 1. The van der Waals surface area contributed by atoms with Gasteiger partial charge in [0.1, 0.15) is 5.75 Å². The molecule has 124 valence electrons. The first kappa shape index (κ1) is 16.7. The highest BCUT2D eigenvalue weighted by atomic mass is 79.9. The fraction of sp³-hybridized carbons (Fsp3) is 0.263. The first-order chi connectivity index (χ1) is 11.5. The van der Waals surface area contributed by atoms with Crippen molar-refractivity contribution >= 4 is 33.2 Å². The van der Waals surface area contributed by atoms with E-state index in [0.29, 0.717) is 16.8 Å². The number of carbonyl (C=O) groups is 2. The summed E-state index contributed by atoms with van der Waals surface area (Å²) in [5.41, 5.74) is 1.71. The molecule has 0 amide bonds. The van der Waals surface area contributed by atoms with Crippen LogP contribution in [0.1, 0.15) is 58.0 Å². The van der Waals surface area contributed by atoms with E-state index in [1.54, 1.807) is 18.2 Å². The Kier molecular flexibility index (Phi) is 4.71. The van der Waals surface area contributed by atoms with Crippen molar-refractivity contribution < 1.29 is 14.7 Å². The summed E-state index contributed by atoms with van der Waals surface area (Å²) in [6.07, 6.45) is 3.21. The molecule has 0 radical (unpaired) electrons. The van der Waals surface area contributed by atoms with Crippen LogP contribution in [0.2, 0.25) is 0 Å². The maximum absolute atomic E-state index is 12.9. The van der Waals surface area contributed by atoms with E-state index < -0.39 is 0 Å². The Bertz CT molecular complexity index is 830. The number of rotatable bonds is 5. The molecule has 2 aromatic rings. The predicted octanol–water partition coefficient (Wildman–Crippen LogP) is 4.53. The Morgan fingerprint density at radius 2 is 1.79 bits per heavy atom. The third-order valence-electron chi connectivity index (χ3n) is 4.18. The lowest BCUT2D eigenvalue weighted by atomic mass is 9.82. The van der Waals surface area contributed by atoms with E-state index in [0.717, 1.165) is 30.3 Å². The minimum atomic E-state index is -0.324. The van der Waals surface area contributed by atoms with Gasteiger partial charge in [-0.25, -0.2) is 0 Å². The third kappa shape index (κ3) is 2.84. The highest BCUT2D eigenvalue weighted by Crippen LogP contribution is 2.37. The van der Waals surface area contributed by atoms with Crippen molar-refractivity contribution in [3.63, 3.8) is 0 Å². The van der Waals surface area contributed by atoms with Gasteiger partial charge in [0, 0.05) is 27.8 Å². The summed E-state index contributed by atoms with van der Waals surface area (Å²) >= 11 is 3.40. The second-order valence-electron chi connectivity index (χ2n) is 5.87. The smallest absolute Gasteiger partial charge is 0.198 e. The first-order valence-corrected chi connectivity index (χ1v) is 8.82. The van der Waals surface area contributed by atoms with E-state index in [-0.39, 0.29) is 28.4 Å². The van der Waals surface area contributed by atoms with Crippen LogP contribution in [0.4, 0.5) is 5.69 Å². The van der Waals surface area contributed by atoms with Crippen LogP contribution in [-0.4, -0.2) is 23.2 Å². The second kappa shape index (κ2) is 6.77. The topological polar surface area (TPSA) is 66.4 Å². The maximum atomic E-state index is 12.9. The van der Waals surface area contributed by atoms with Crippen LogP contribution in [-0.2, 0) is 0 Å². The van der Waals surface area contributed by atoms with Gasteiger partial charge in [0.05, 0.1) is 11.1 Å². The average Bonchev–Trinajstić information content (AvgIpc) is 2.56. The molecule has 0 aliphatic heterocycles. The lowest BCUT2D eigenvalue weighted by Crippen LogP contribution is -2.23. The monoisotopic (exact) mass is 387 g/mol. The average molecular weight is 388 g/mol. The van der Waals surface area contributed by atoms with Gasteiger partial charge in [0.15, 0.2) is 11.6 Å². The predicted molar refractivity (Wildman–Crippen MR) is 97.1 cm³/mol. The zero-order valence-electron chi connectivity index (χ0n) is 13.4. The van der Waals surface area contributed by atoms with Gasteiger partial charge in [-0.15, -0.1) is 0 Å². The fourth-order valence-electron chi connectivity index (χ4n) is 3.01. The third-order valence-corrected chi connectivity index (χ3v) is 4.64. The summed E-state index contributed by atoms with van der Waals surface area (Å²) in [7, 11) is 0. The van der Waals surface area contributed by atoms with Gasteiger partial charge in [-0.1, -0.05) is 47.8 Å². The highest BCUT2D eigenvalue weighted by Gasteiger charge is 2.34. The SMILES string of the molecule is CCCCCNc1cc(Br)cc2c1C(=O)c1cccc(O)c1C2=O. The van der Waals surface area contributed by atoms with Crippen LogP contribution in [0.3, 0.4) is 0 Å². The number of unbranched alkanes of at least 4 members (excludes halogenated alkanes) is 2. The number of phenols is 1. The lowest BCUT2D eigenvalue weighted by molar-refractivity contribution is 0.0977. The van der Waals surface area contributed by atoms with Gasteiger partial charge < -0.3 is 10.4 Å². The quantitative estimate of drug-likeness (QED) is 0.631. The number of carbonyl (C=O) groups excluding carboxylic acids is 2. The van der Waals surface area contributed by atoms with Crippen LogP contribution in [0.15, 0.2) is 34.8 Å². The fourth-order valence-corrected chi connectivity index (χ4v) is 3.46. The summed E-state index contributed by atoms with van der Waals surface area (Å²) < 4.78 is 0.722. The van der Waals surface area contributed by atoms with E-state index >= 15 is 0 Å². The molecule has 0 saturated carbocycles. The number of fused-ring (bicyclic) bond motifs is 2. The molecule has 24 heavy (non-hydrogen) atoms. The molecule has 1 aliphatic rings. The number of phenolic OH excluding ortho intramolecular Hbond substituents is 1. The number of hydrogen-bond donors (Lipinski definition) is 2. The molecule has 5 heteroatoms. The minimum absolute atomic E-state index is 0.0880. The molecule has 0 fully saturated rings. The summed E-state index contributed by atoms with van der Waals surface area (Å²) in [6, 6.07) is 8.06. The van der Waals surface area contributed by atoms with Crippen LogP contribution in [0.5, 0.6) is 5.75 Å². The van der Waals surface area contributed by atoms with E-state index in [2.05, 4.69) is 28.2 Å². The Labute approximate surface area is 149 Å². The zero-order valence-corrected chi connectivity index (χ0v) is 14.9. The number of ketones is 2. The van der Waals surface area contributed by atoms with Crippen molar-refractivity contribution in [1.82, 2.24) is 0 Å². The second-order valence-corrected chi connectivity index (χ2v) is 6.78. The van der Waals surface area contributed by atoms with Crippen LogP contribution in [0.25, 0.3) is 0 Å². The molecule has 2 aromatic carbocycles. The Hall–Kier alpha value is -2.14. The standard InChI is InChI=1S/C19H18BrNO3/c1-2-3-4-8-21-14-10-11(20)9-13-16(14)18(23)12-6-5-7-15(22)17(12)19(13)24/h5-7,9-10,21-22H,2-4,8H2,1H3. The first-order valence-electron chi connectivity index (χ1n) is 8.03. The van der Waals surface area contributed by atoms with Crippen molar-refractivity contribution in [2.45, 2.75) is 26.2 Å². The normalized spacial score (nSPS) is 12.8. The molecular weight excluding hydrogens is 370 g/mol. The van der Waals surface area contributed by atoms with Crippen molar-refractivity contribution in [3.05, 3.63) is 57.1 Å². The Morgan fingerprint density at radius 3 is 2.54 bits per heavy atom. The largest absolute Gasteiger partial charge is 0.507 e. The maximum Gasteiger partial charge on any atom is 0.198 e. The highest BCUT2D eigenvalue weighted by molar-refractivity contribution is 9.10. The van der Waals surface area contributed by atoms with Gasteiger partial charge >= 0.3 is 0 Å². The summed E-state index contributed by atoms with van der Waals surface area (Å²) in [5.74, 6) is -0.717. The molecule has 0 atom stereocenters. The van der Waals surface area contributed by atoms with Crippen LogP contribution >= 0.6 is 15.9 Å². The van der Waals surface area contributed by atoms with E-state index in [9.17, 15) is 14.7 Å². The molecule has 0 spiro atoms. The molecule has 0 saturated heterocycles. The Morgan fingerprint density at radius 1 is 1.04 bits per heavy atom. The number of aromatic hydroxyl groups is 1. The van der Waals surface area contributed by atoms with Gasteiger partial charge in [0.25, 0.3) is 0 Å². The van der Waals surface area contributed by atoms with Gasteiger partial charge in [-0.05, 0) is 24.6 Å². The molecule has 0 unspecified atom stereocenters. The number of benzene rings is 2. The molecule has 0 heterocycles. The summed E-state index contributed by atoms with van der Waals surface area (Å²) in [6.45, 7) is 2.87. The number of hydrogen-bond acceptors (Lipinski definition) is 4. The molecule has 3 rings (SSSR count). The molecule has 2 N–H and O–H groups in total. The zero-order chi connectivity index (χ0) is 17.3. The number of nitrogens with one attached hydrogen (secondary N) is 1. The van der Waals surface area contributed by atoms with E-state index in [1.165, 1.54) is 6.07 Å². The lowest BCUT2D eigenvalue weighted by Gasteiger charge is -2.22. The molecule has 0 aromatic heterocycles. The minimum Gasteiger partial charge on any atom is -0.507 e. The van der Waals surface area contributed by atoms with Crippen LogP contribution in [0, 0.1) is 0 Å². The summed E-state index contributed by atoms with van der Waals surface area (Å²) in [5, 5.41) is 13.3. The van der Waals surface area contributed by atoms with E-state index in [4.69, 9.17) is 0 Å². The van der Waals surface area contributed by atoms with E-state index in [1.807, 2.05) is 6.07 Å². The van der Waals surface area contributed by atoms with Crippen molar-refractivity contribution in [1.29, 1.82) is 0 Å². The van der Waals surface area contributed by atoms with Gasteiger partial charge in [-0.3, -0.25) is 9.59 Å². The molecule has 1 aliphatic carbocycles. The summed E-state index contributed by atoms with van der Waals surface area (Å²) in [4.78, 5) is 25.7. The van der Waals surface area contributed by atoms with Gasteiger partial charge in [0.2, 0.25) is 0 Å². The van der Waals surface area contributed by atoms with Crippen molar-refractivity contribution in [2.24, 2.45) is 0 Å².